The maximum absolute atomic E-state index is 10.8. The Kier molecular flexibility index (Phi) is 2.50. The molecular weight excluding hydrogens is 218 g/mol. The molecular formula is C9H10ClN3O2. The smallest absolute Gasteiger partial charge is 0.294 e. The molecule has 2 rings (SSSR count). The van der Waals surface area contributed by atoms with Crippen LogP contribution in [-0.2, 0) is 0 Å². The summed E-state index contributed by atoms with van der Waals surface area (Å²) >= 11 is 5.94. The third-order valence-electron chi connectivity index (χ3n) is 2.39. The molecule has 5 nitrogen and oxygen atoms in total. The molecule has 1 fully saturated rings. The first-order valence-corrected chi connectivity index (χ1v) is 4.91. The Morgan fingerprint density at radius 2 is 2.20 bits per heavy atom. The Hall–Kier alpha value is -1.33. The van der Waals surface area contributed by atoms with Gasteiger partial charge in [-0.2, -0.15) is 0 Å². The second-order valence-corrected chi connectivity index (χ2v) is 3.94. The van der Waals surface area contributed by atoms with Crippen LogP contribution in [0.2, 0.25) is 5.02 Å². The predicted octanol–water partition coefficient (Wildman–Crippen LogP) is 1.40. The van der Waals surface area contributed by atoms with Gasteiger partial charge in [-0.1, -0.05) is 17.7 Å². The molecule has 0 atom stereocenters. The molecule has 15 heavy (non-hydrogen) atoms. The minimum atomic E-state index is -0.426. The van der Waals surface area contributed by atoms with E-state index >= 15 is 0 Å². The standard InChI is InChI=1S/C9H10ClN3O2/c10-7-2-1-3-8(13(14)15)9(7)12-4-6(11)5-12/h1-3,6H,4-5,11H2. The van der Waals surface area contributed by atoms with Crippen LogP contribution in [0.5, 0.6) is 0 Å². The zero-order chi connectivity index (χ0) is 11.0. The van der Waals surface area contributed by atoms with Gasteiger partial charge in [0.05, 0.1) is 9.95 Å². The maximum atomic E-state index is 10.8. The summed E-state index contributed by atoms with van der Waals surface area (Å²) in [5.74, 6) is 0. The number of hydrogen-bond donors (Lipinski definition) is 1. The molecule has 0 radical (unpaired) electrons. The molecule has 80 valence electrons. The zero-order valence-corrected chi connectivity index (χ0v) is 8.65. The van der Waals surface area contributed by atoms with Crippen LogP contribution in [0.1, 0.15) is 0 Å². The number of nitro groups is 1. The Balaban J connectivity index is 2.39. The van der Waals surface area contributed by atoms with Gasteiger partial charge in [-0.05, 0) is 6.07 Å². The van der Waals surface area contributed by atoms with E-state index < -0.39 is 4.92 Å². The van der Waals surface area contributed by atoms with Crippen molar-refractivity contribution in [3.05, 3.63) is 33.3 Å². The Morgan fingerprint density at radius 3 is 2.73 bits per heavy atom. The highest BCUT2D eigenvalue weighted by Gasteiger charge is 2.30. The van der Waals surface area contributed by atoms with Crippen LogP contribution in [0, 0.1) is 10.1 Å². The monoisotopic (exact) mass is 227 g/mol. The SMILES string of the molecule is NC1CN(c2c(Cl)cccc2[N+](=O)[O-])C1. The van der Waals surface area contributed by atoms with E-state index in [1.54, 1.807) is 12.1 Å². The highest BCUT2D eigenvalue weighted by Crippen LogP contribution is 2.37. The quantitative estimate of drug-likeness (QED) is 0.612. The number of nitro benzene ring substituents is 1. The zero-order valence-electron chi connectivity index (χ0n) is 7.89. The number of rotatable bonds is 2. The Labute approximate surface area is 91.6 Å². The highest BCUT2D eigenvalue weighted by molar-refractivity contribution is 6.33. The molecule has 1 aliphatic rings. The molecule has 0 aromatic heterocycles. The molecule has 1 aromatic carbocycles. The molecule has 0 saturated carbocycles. The average Bonchev–Trinajstić information content (AvgIpc) is 2.13. The van der Waals surface area contributed by atoms with Crippen LogP contribution >= 0.6 is 11.6 Å². The van der Waals surface area contributed by atoms with Gasteiger partial charge < -0.3 is 10.6 Å². The van der Waals surface area contributed by atoms with Crippen molar-refractivity contribution in [2.45, 2.75) is 6.04 Å². The number of para-hydroxylation sites is 1. The van der Waals surface area contributed by atoms with Gasteiger partial charge in [-0.3, -0.25) is 10.1 Å². The molecule has 0 bridgehead atoms. The number of nitrogens with zero attached hydrogens (tertiary/aromatic N) is 2. The number of halogens is 1. The third kappa shape index (κ3) is 1.75. The van der Waals surface area contributed by atoms with E-state index in [1.807, 2.05) is 4.90 Å². The van der Waals surface area contributed by atoms with Gasteiger partial charge in [-0.25, -0.2) is 0 Å². The fourth-order valence-corrected chi connectivity index (χ4v) is 1.95. The van der Waals surface area contributed by atoms with Crippen molar-refractivity contribution in [3.63, 3.8) is 0 Å². The summed E-state index contributed by atoms with van der Waals surface area (Å²) in [6.07, 6.45) is 0. The van der Waals surface area contributed by atoms with Crippen LogP contribution < -0.4 is 10.6 Å². The molecule has 0 spiro atoms. The van der Waals surface area contributed by atoms with Crippen molar-refractivity contribution < 1.29 is 4.92 Å². The molecule has 1 aromatic rings. The van der Waals surface area contributed by atoms with Gasteiger partial charge in [0.2, 0.25) is 0 Å². The van der Waals surface area contributed by atoms with E-state index in [0.29, 0.717) is 23.8 Å². The van der Waals surface area contributed by atoms with Crippen molar-refractivity contribution in [2.75, 3.05) is 18.0 Å². The molecule has 0 unspecified atom stereocenters. The van der Waals surface area contributed by atoms with Crippen molar-refractivity contribution >= 4 is 23.0 Å². The van der Waals surface area contributed by atoms with E-state index in [0.717, 1.165) is 0 Å². The van der Waals surface area contributed by atoms with E-state index in [4.69, 9.17) is 17.3 Å². The first kappa shape index (κ1) is 10.2. The van der Waals surface area contributed by atoms with Gasteiger partial charge in [-0.15, -0.1) is 0 Å². The molecule has 2 N–H and O–H groups in total. The van der Waals surface area contributed by atoms with Gasteiger partial charge in [0.25, 0.3) is 5.69 Å². The van der Waals surface area contributed by atoms with E-state index in [2.05, 4.69) is 0 Å². The van der Waals surface area contributed by atoms with Gasteiger partial charge in [0, 0.05) is 25.2 Å². The van der Waals surface area contributed by atoms with Crippen LogP contribution in [0.25, 0.3) is 0 Å². The lowest BCUT2D eigenvalue weighted by Crippen LogP contribution is -2.56. The van der Waals surface area contributed by atoms with Crippen molar-refractivity contribution in [1.82, 2.24) is 0 Å². The highest BCUT2D eigenvalue weighted by atomic mass is 35.5. The lowest BCUT2D eigenvalue weighted by atomic mass is 10.1. The lowest BCUT2D eigenvalue weighted by Gasteiger charge is -2.38. The molecule has 0 amide bonds. The van der Waals surface area contributed by atoms with E-state index in [9.17, 15) is 10.1 Å². The fraction of sp³-hybridized carbons (Fsp3) is 0.333. The normalized spacial score (nSPS) is 16.3. The third-order valence-corrected chi connectivity index (χ3v) is 2.69. The Bertz CT molecular complexity index is 404. The lowest BCUT2D eigenvalue weighted by molar-refractivity contribution is -0.384. The fourth-order valence-electron chi connectivity index (χ4n) is 1.66. The average molecular weight is 228 g/mol. The van der Waals surface area contributed by atoms with Gasteiger partial charge >= 0.3 is 0 Å². The van der Waals surface area contributed by atoms with E-state index in [-0.39, 0.29) is 11.7 Å². The summed E-state index contributed by atoms with van der Waals surface area (Å²) in [5, 5.41) is 11.2. The number of benzene rings is 1. The largest absolute Gasteiger partial charge is 0.362 e. The first-order valence-electron chi connectivity index (χ1n) is 4.53. The number of anilines is 1. The van der Waals surface area contributed by atoms with E-state index in [1.165, 1.54) is 6.07 Å². The minimum absolute atomic E-state index is 0.0365. The number of hydrogen-bond acceptors (Lipinski definition) is 4. The Morgan fingerprint density at radius 1 is 1.53 bits per heavy atom. The summed E-state index contributed by atoms with van der Waals surface area (Å²) in [4.78, 5) is 12.2. The summed E-state index contributed by atoms with van der Waals surface area (Å²) in [6, 6.07) is 4.75. The second-order valence-electron chi connectivity index (χ2n) is 3.53. The molecule has 1 heterocycles. The molecule has 6 heteroatoms. The number of nitrogens with two attached hydrogens (primary N) is 1. The summed E-state index contributed by atoms with van der Waals surface area (Å²) < 4.78 is 0. The molecule has 0 aliphatic carbocycles. The van der Waals surface area contributed by atoms with Gasteiger partial charge in [0.15, 0.2) is 0 Å². The molecule has 1 aliphatic heterocycles. The topological polar surface area (TPSA) is 72.4 Å². The summed E-state index contributed by atoms with van der Waals surface area (Å²) in [6.45, 7) is 1.23. The predicted molar refractivity (Wildman–Crippen MR) is 58.3 cm³/mol. The van der Waals surface area contributed by atoms with Crippen molar-refractivity contribution in [3.8, 4) is 0 Å². The van der Waals surface area contributed by atoms with Crippen LogP contribution in [-0.4, -0.2) is 24.1 Å². The summed E-state index contributed by atoms with van der Waals surface area (Å²) in [7, 11) is 0. The van der Waals surface area contributed by atoms with Crippen molar-refractivity contribution in [1.29, 1.82) is 0 Å². The van der Waals surface area contributed by atoms with Gasteiger partial charge in [0.1, 0.15) is 5.69 Å². The molecule has 1 saturated heterocycles. The first-order chi connectivity index (χ1) is 7.09. The van der Waals surface area contributed by atoms with Crippen LogP contribution in [0.4, 0.5) is 11.4 Å². The van der Waals surface area contributed by atoms with Crippen LogP contribution in [0.3, 0.4) is 0 Å². The van der Waals surface area contributed by atoms with Crippen LogP contribution in [0.15, 0.2) is 18.2 Å². The van der Waals surface area contributed by atoms with Crippen molar-refractivity contribution in [2.24, 2.45) is 5.73 Å². The maximum Gasteiger partial charge on any atom is 0.294 e. The minimum Gasteiger partial charge on any atom is -0.362 e. The summed E-state index contributed by atoms with van der Waals surface area (Å²) in [5.41, 5.74) is 6.14. The second kappa shape index (κ2) is 3.67.